The average Bonchev–Trinajstić information content (AvgIpc) is 1.66. The maximum Gasteiger partial charge on any atom is 0.103 e. The van der Waals surface area contributed by atoms with Crippen LogP contribution in [0.5, 0.6) is 0 Å². The summed E-state index contributed by atoms with van der Waals surface area (Å²) in [5, 5.41) is 0. The lowest BCUT2D eigenvalue weighted by Gasteiger charge is -2.38. The second kappa shape index (κ2) is 31.0. The van der Waals surface area contributed by atoms with Crippen molar-refractivity contribution in [3.8, 4) is 0 Å². The van der Waals surface area contributed by atoms with Gasteiger partial charge in [-0.2, -0.15) is 0 Å². The average molecular weight is 1250 g/mol. The summed E-state index contributed by atoms with van der Waals surface area (Å²) >= 11 is 0. The smallest absolute Gasteiger partial charge is 0.103 e. The normalized spacial score (nSPS) is 22.1. The number of benzene rings is 1. The van der Waals surface area contributed by atoms with Gasteiger partial charge in [0.1, 0.15) is 30.8 Å². The summed E-state index contributed by atoms with van der Waals surface area (Å²) in [6, 6.07) is 20.3. The van der Waals surface area contributed by atoms with Crippen LogP contribution >= 0.6 is 0 Å². The highest BCUT2D eigenvalue weighted by atomic mass is 15.4. The zero-order chi connectivity index (χ0) is 66.1. The van der Waals surface area contributed by atoms with Crippen LogP contribution in [0.1, 0.15) is 202 Å². The van der Waals surface area contributed by atoms with Gasteiger partial charge in [0.15, 0.2) is 0 Å². The van der Waals surface area contributed by atoms with E-state index >= 15 is 0 Å². The van der Waals surface area contributed by atoms with E-state index in [9.17, 15) is 0 Å². The first-order valence-electron chi connectivity index (χ1n) is 35.0. The second-order valence-electron chi connectivity index (χ2n) is 27.8. The minimum absolute atomic E-state index is 0.354. The summed E-state index contributed by atoms with van der Waals surface area (Å²) in [6.45, 7) is 41.5. The molecule has 1 aromatic carbocycles. The summed E-state index contributed by atoms with van der Waals surface area (Å²) in [4.78, 5) is 42.0. The van der Waals surface area contributed by atoms with Gasteiger partial charge < -0.3 is 49.0 Å². The number of aryl methyl sites for hydroxylation is 10. The molecule has 5 aromatic rings. The summed E-state index contributed by atoms with van der Waals surface area (Å²) < 4.78 is 0. The van der Waals surface area contributed by atoms with Crippen molar-refractivity contribution in [3.63, 3.8) is 0 Å². The van der Waals surface area contributed by atoms with Crippen LogP contribution in [0.4, 0.5) is 28.4 Å². The highest BCUT2D eigenvalue weighted by molar-refractivity contribution is 5.63. The molecule has 0 spiro atoms. The molecule has 9 heterocycles. The van der Waals surface area contributed by atoms with Gasteiger partial charge in [-0.25, -0.2) is 0 Å². The number of pyridine rings is 4. The van der Waals surface area contributed by atoms with Gasteiger partial charge in [-0.15, -0.1) is 0 Å². The Hall–Kier alpha value is -7.48. The number of aromatic nitrogens is 4. The van der Waals surface area contributed by atoms with E-state index < -0.39 is 0 Å². The van der Waals surface area contributed by atoms with Crippen LogP contribution in [0.15, 0.2) is 129 Å². The third-order valence-electron chi connectivity index (χ3n) is 20.7. The van der Waals surface area contributed by atoms with Crippen molar-refractivity contribution in [3.05, 3.63) is 185 Å². The molecule has 0 bridgehead atoms. The van der Waals surface area contributed by atoms with Crippen LogP contribution < -0.4 is 24.5 Å². The molecule has 13 rings (SSSR count). The molecule has 5 atom stereocenters. The molecule has 496 valence electrons. The Labute approximate surface area is 556 Å². The molecule has 8 aliphatic rings. The van der Waals surface area contributed by atoms with Gasteiger partial charge in [-0.05, 0) is 228 Å². The Morgan fingerprint density at radius 3 is 1.01 bits per heavy atom. The molecular weight excluding hydrogens is 1130 g/mol. The molecule has 3 aliphatic carbocycles. The van der Waals surface area contributed by atoms with Crippen LogP contribution in [0.2, 0.25) is 0 Å². The van der Waals surface area contributed by atoms with Crippen molar-refractivity contribution in [1.29, 1.82) is 0 Å². The molecule has 0 N–H and O–H groups in total. The predicted molar refractivity (Wildman–Crippen MR) is 387 cm³/mol. The minimum Gasteiger partial charge on any atom is -0.353 e. The molecule has 4 aromatic heterocycles. The van der Waals surface area contributed by atoms with Gasteiger partial charge in [-0.3, -0.25) is 19.9 Å². The fraction of sp³-hybridized carbons (Fsp3) is 0.538. The van der Waals surface area contributed by atoms with Crippen molar-refractivity contribution in [2.45, 2.75) is 276 Å². The predicted octanol–water partition coefficient (Wildman–Crippen LogP) is 17.8. The second-order valence-corrected chi connectivity index (χ2v) is 27.8. The van der Waals surface area contributed by atoms with Crippen LogP contribution in [0.3, 0.4) is 0 Å². The zero-order valence-corrected chi connectivity index (χ0v) is 59.9. The molecule has 92 heavy (non-hydrogen) atoms. The Morgan fingerprint density at radius 1 is 0.337 bits per heavy atom. The monoisotopic (exact) mass is 1250 g/mol. The number of anilines is 5. The summed E-state index contributed by atoms with van der Waals surface area (Å²) in [5.41, 5.74) is 18.4. The molecular formula is C78H114N14. The Morgan fingerprint density at radius 2 is 0.663 bits per heavy atom. The Balaban J connectivity index is 0.000000136. The first-order valence-corrected chi connectivity index (χ1v) is 35.0. The van der Waals surface area contributed by atoms with Crippen molar-refractivity contribution < 1.29 is 0 Å². The minimum atomic E-state index is 0.354. The van der Waals surface area contributed by atoms with Gasteiger partial charge >= 0.3 is 0 Å². The van der Waals surface area contributed by atoms with Gasteiger partial charge in [0.05, 0.1) is 45.5 Å². The van der Waals surface area contributed by atoms with Crippen LogP contribution in [-0.2, 0) is 0 Å². The molecule has 0 radical (unpaired) electrons. The summed E-state index contributed by atoms with van der Waals surface area (Å²) in [6.07, 6.45) is 47.6. The molecule has 0 amide bonds. The number of para-hydroxylation sites is 1. The topological polar surface area (TPSA) is 84.0 Å². The van der Waals surface area contributed by atoms with E-state index in [4.69, 9.17) is 0 Å². The van der Waals surface area contributed by atoms with E-state index in [0.29, 0.717) is 42.9 Å². The highest BCUT2D eigenvalue weighted by Gasteiger charge is 2.35. The third kappa shape index (κ3) is 15.4. The summed E-state index contributed by atoms with van der Waals surface area (Å²) in [5.74, 6) is 0. The quantitative estimate of drug-likeness (QED) is 0.133. The lowest BCUT2D eigenvalue weighted by atomic mass is 9.94. The van der Waals surface area contributed by atoms with Gasteiger partial charge in [-0.1, -0.05) is 63.1 Å². The van der Waals surface area contributed by atoms with E-state index in [1.54, 1.807) is 0 Å². The van der Waals surface area contributed by atoms with E-state index in [0.717, 1.165) is 46.6 Å². The lowest BCUT2D eigenvalue weighted by Crippen LogP contribution is -2.43. The molecule has 14 heteroatoms. The zero-order valence-electron chi connectivity index (χ0n) is 59.9. The van der Waals surface area contributed by atoms with Crippen molar-refractivity contribution in [2.24, 2.45) is 0 Å². The fourth-order valence-electron chi connectivity index (χ4n) is 15.8. The molecule has 0 unspecified atom stereocenters. The SMILES string of the molecule is Cc1cc(C)c(N2C=CN(C(C)C)[C@H]2C)c(C)n1.Cc1ccccc1N1C=CN(C2CCCC2)[C@H]1C.Cc1ccnc(C)c1N1C=CN(C(C)C)[C@H]1C.Cc1ccnc(C)c1N1C=CN(C2CCCC2)[C@H]1C.Cc1ccnc(C)c1N1C=CN(C2CCCCC2)[C@H]1C. The fourth-order valence-corrected chi connectivity index (χ4v) is 15.8. The first-order chi connectivity index (χ1) is 44.1. The van der Waals surface area contributed by atoms with Crippen molar-refractivity contribution in [2.75, 3.05) is 24.5 Å². The number of hydrogen-bond donors (Lipinski definition) is 0. The van der Waals surface area contributed by atoms with E-state index in [-0.39, 0.29) is 0 Å². The Kier molecular flexibility index (Phi) is 23.2. The summed E-state index contributed by atoms with van der Waals surface area (Å²) in [7, 11) is 0. The molecule has 5 aliphatic heterocycles. The van der Waals surface area contributed by atoms with E-state index in [1.807, 2.05) is 25.5 Å². The molecule has 3 fully saturated rings. The lowest BCUT2D eigenvalue weighted by molar-refractivity contribution is 0.187. The maximum atomic E-state index is 4.59. The third-order valence-corrected chi connectivity index (χ3v) is 20.7. The van der Waals surface area contributed by atoms with Crippen LogP contribution in [0, 0.1) is 69.2 Å². The maximum absolute atomic E-state index is 4.59. The largest absolute Gasteiger partial charge is 0.353 e. The van der Waals surface area contributed by atoms with Crippen LogP contribution in [0.25, 0.3) is 0 Å². The van der Waals surface area contributed by atoms with E-state index in [1.165, 1.54) is 140 Å². The van der Waals surface area contributed by atoms with Gasteiger partial charge in [0.25, 0.3) is 0 Å². The first kappa shape index (κ1) is 68.9. The van der Waals surface area contributed by atoms with Gasteiger partial charge in [0.2, 0.25) is 0 Å². The van der Waals surface area contributed by atoms with Crippen molar-refractivity contribution in [1.82, 2.24) is 44.4 Å². The standard InChI is InChI=1S/C17H25N3.C16H23N3.C16H22N2.C15H23N3.C14H21N3/c1-13-9-10-18-14(2)17(13)20-12-11-19(15(20)3)16-7-5-4-6-8-16;1-12-8-9-17-13(2)16(12)19-11-10-18(14(19)3)15-6-4-5-7-15;1-13-7-3-6-10-16(13)18-12-11-17(14(18)2)15-8-4-5-9-15;1-10(2)17-7-8-18(14(17)6)15-11(3)9-12(4)16-13(15)5;1-10(2)16-8-9-17(13(16)5)14-11(3)6-7-15-12(14)4/h9-12,15-16H,4-8H2,1-3H3;8-11,14-15H,4-7H2,1-3H3;3,6-7,10-12,14-15H,4-5,8-9H2,1-2H3;7-10,14H,1-6H3;6-10,13H,1-5H3/t15-;3*14-;13-/m11111/s1. The molecule has 3 saturated carbocycles. The molecule has 0 saturated heterocycles. The van der Waals surface area contributed by atoms with E-state index in [2.05, 4.69) is 304 Å². The highest BCUT2D eigenvalue weighted by Crippen LogP contribution is 2.38. The van der Waals surface area contributed by atoms with Gasteiger partial charge in [0, 0.05) is 122 Å². The number of hydrogen-bond acceptors (Lipinski definition) is 14. The van der Waals surface area contributed by atoms with Crippen LogP contribution in [-0.4, -0.2) is 105 Å². The Bertz CT molecular complexity index is 3300. The number of nitrogens with zero attached hydrogens (tertiary/aromatic N) is 14. The van der Waals surface area contributed by atoms with Crippen molar-refractivity contribution >= 4 is 28.4 Å². The number of rotatable bonds is 10. The molecule has 14 nitrogen and oxygen atoms in total.